The van der Waals surface area contributed by atoms with Crippen molar-refractivity contribution in [2.24, 2.45) is 5.10 Å². The zero-order valence-corrected chi connectivity index (χ0v) is 17.6. The van der Waals surface area contributed by atoms with E-state index in [1.165, 1.54) is 7.11 Å². The van der Waals surface area contributed by atoms with Crippen molar-refractivity contribution in [3.63, 3.8) is 0 Å². The summed E-state index contributed by atoms with van der Waals surface area (Å²) in [5.41, 5.74) is 5.42. The number of carbonyl (C=O) groups excluding carboxylic acids is 2. The second kappa shape index (κ2) is 9.91. The van der Waals surface area contributed by atoms with Crippen molar-refractivity contribution >= 4 is 23.2 Å². The van der Waals surface area contributed by atoms with Crippen LogP contribution in [-0.2, 0) is 4.79 Å². The van der Waals surface area contributed by atoms with Crippen molar-refractivity contribution in [1.82, 2.24) is 5.43 Å². The molecule has 30 heavy (non-hydrogen) atoms. The second-order valence-corrected chi connectivity index (χ2v) is 7.05. The number of hydrogen-bond acceptors (Lipinski definition) is 5. The first-order chi connectivity index (χ1) is 14.5. The summed E-state index contributed by atoms with van der Waals surface area (Å²) in [7, 11) is 1.54. The van der Waals surface area contributed by atoms with Crippen LogP contribution in [-0.4, -0.2) is 37.8 Å². The molecule has 7 nitrogen and oxygen atoms in total. The maximum atomic E-state index is 12.5. The molecule has 1 aliphatic heterocycles. The summed E-state index contributed by atoms with van der Waals surface area (Å²) >= 11 is 0. The SMILES string of the molecule is CCCOc1ccc(C(=O)N/N=C(/C)c2ccc(N3CCCC3=O)cc2)cc1OC. The zero-order valence-electron chi connectivity index (χ0n) is 17.6. The van der Waals surface area contributed by atoms with Gasteiger partial charge in [0.2, 0.25) is 5.91 Å². The molecular formula is C23H27N3O4. The van der Waals surface area contributed by atoms with Crippen LogP contribution in [0.4, 0.5) is 5.69 Å². The number of methoxy groups -OCH3 is 1. The fraction of sp³-hybridized carbons (Fsp3) is 0.348. The lowest BCUT2D eigenvalue weighted by atomic mass is 10.1. The number of anilines is 1. The summed E-state index contributed by atoms with van der Waals surface area (Å²) in [4.78, 5) is 26.1. The summed E-state index contributed by atoms with van der Waals surface area (Å²) in [6, 6.07) is 12.6. The molecule has 0 unspecified atom stereocenters. The summed E-state index contributed by atoms with van der Waals surface area (Å²) in [5.74, 6) is 0.923. The molecule has 0 bridgehead atoms. The van der Waals surface area contributed by atoms with Gasteiger partial charge < -0.3 is 14.4 Å². The first kappa shape index (κ1) is 21.4. The molecule has 0 aromatic heterocycles. The molecule has 1 aliphatic rings. The number of carbonyl (C=O) groups is 2. The number of hydrazone groups is 1. The van der Waals surface area contributed by atoms with Crippen LogP contribution in [0.15, 0.2) is 47.6 Å². The third-order valence-corrected chi connectivity index (χ3v) is 4.88. The molecule has 0 saturated carbocycles. The molecule has 1 N–H and O–H groups in total. The highest BCUT2D eigenvalue weighted by atomic mass is 16.5. The van der Waals surface area contributed by atoms with E-state index in [9.17, 15) is 9.59 Å². The normalized spacial score (nSPS) is 14.0. The van der Waals surface area contributed by atoms with Gasteiger partial charge in [-0.05, 0) is 55.7 Å². The maximum absolute atomic E-state index is 12.5. The molecular weight excluding hydrogens is 382 g/mol. The lowest BCUT2D eigenvalue weighted by Crippen LogP contribution is -2.23. The van der Waals surface area contributed by atoms with Gasteiger partial charge in [-0.2, -0.15) is 5.10 Å². The van der Waals surface area contributed by atoms with Crippen molar-refractivity contribution in [3.8, 4) is 11.5 Å². The molecule has 0 radical (unpaired) electrons. The highest BCUT2D eigenvalue weighted by Crippen LogP contribution is 2.28. The van der Waals surface area contributed by atoms with Crippen LogP contribution in [0.5, 0.6) is 11.5 Å². The van der Waals surface area contributed by atoms with Crippen LogP contribution in [0.2, 0.25) is 0 Å². The highest BCUT2D eigenvalue weighted by Gasteiger charge is 2.21. The van der Waals surface area contributed by atoms with Gasteiger partial charge in [-0.15, -0.1) is 0 Å². The Labute approximate surface area is 176 Å². The number of nitrogens with zero attached hydrogens (tertiary/aromatic N) is 2. The Hall–Kier alpha value is -3.35. The fourth-order valence-corrected chi connectivity index (χ4v) is 3.21. The van der Waals surface area contributed by atoms with Gasteiger partial charge in [-0.1, -0.05) is 19.1 Å². The molecule has 7 heteroatoms. The van der Waals surface area contributed by atoms with Gasteiger partial charge in [0.05, 0.1) is 19.4 Å². The molecule has 158 valence electrons. The van der Waals surface area contributed by atoms with Crippen molar-refractivity contribution in [2.75, 3.05) is 25.2 Å². The van der Waals surface area contributed by atoms with Crippen LogP contribution >= 0.6 is 0 Å². The van der Waals surface area contributed by atoms with E-state index < -0.39 is 0 Å². The molecule has 2 aromatic carbocycles. The first-order valence-electron chi connectivity index (χ1n) is 10.1. The van der Waals surface area contributed by atoms with Crippen LogP contribution in [0, 0.1) is 0 Å². The van der Waals surface area contributed by atoms with Gasteiger partial charge in [-0.3, -0.25) is 9.59 Å². The Morgan fingerprint density at radius 3 is 2.50 bits per heavy atom. The van der Waals surface area contributed by atoms with Gasteiger partial charge in [0.25, 0.3) is 5.91 Å². The third kappa shape index (κ3) is 4.97. The number of nitrogens with one attached hydrogen (secondary N) is 1. The smallest absolute Gasteiger partial charge is 0.271 e. The highest BCUT2D eigenvalue weighted by molar-refractivity contribution is 6.02. The third-order valence-electron chi connectivity index (χ3n) is 4.88. The first-order valence-corrected chi connectivity index (χ1v) is 10.1. The average molecular weight is 409 g/mol. The minimum absolute atomic E-state index is 0.155. The van der Waals surface area contributed by atoms with Crippen LogP contribution < -0.4 is 19.8 Å². The summed E-state index contributed by atoms with van der Waals surface area (Å²) in [5, 5.41) is 4.20. The van der Waals surface area contributed by atoms with E-state index in [1.807, 2.05) is 38.1 Å². The van der Waals surface area contributed by atoms with E-state index in [0.717, 1.165) is 30.6 Å². The lowest BCUT2D eigenvalue weighted by molar-refractivity contribution is -0.117. The second-order valence-electron chi connectivity index (χ2n) is 7.05. The van der Waals surface area contributed by atoms with E-state index in [2.05, 4.69) is 10.5 Å². The van der Waals surface area contributed by atoms with E-state index >= 15 is 0 Å². The largest absolute Gasteiger partial charge is 0.493 e. The van der Waals surface area contributed by atoms with E-state index in [1.54, 1.807) is 23.1 Å². The Morgan fingerprint density at radius 1 is 1.13 bits per heavy atom. The monoisotopic (exact) mass is 409 g/mol. The fourth-order valence-electron chi connectivity index (χ4n) is 3.21. The number of rotatable bonds is 8. The summed E-state index contributed by atoms with van der Waals surface area (Å²) < 4.78 is 10.9. The predicted octanol–water partition coefficient (Wildman–Crippen LogP) is 3.76. The average Bonchev–Trinajstić information content (AvgIpc) is 3.21. The molecule has 2 aromatic rings. The molecule has 1 heterocycles. The zero-order chi connectivity index (χ0) is 21.5. The molecule has 0 spiro atoms. The molecule has 0 aliphatic carbocycles. The van der Waals surface area contributed by atoms with E-state index in [4.69, 9.17) is 9.47 Å². The van der Waals surface area contributed by atoms with Crippen LogP contribution in [0.3, 0.4) is 0 Å². The van der Waals surface area contributed by atoms with Crippen molar-refractivity contribution in [2.45, 2.75) is 33.1 Å². The van der Waals surface area contributed by atoms with Crippen LogP contribution in [0.1, 0.15) is 49.0 Å². The Kier molecular flexibility index (Phi) is 7.06. The number of hydrogen-bond donors (Lipinski definition) is 1. The summed E-state index contributed by atoms with van der Waals surface area (Å²) in [6.07, 6.45) is 2.38. The minimum Gasteiger partial charge on any atom is -0.493 e. The molecule has 0 atom stereocenters. The molecule has 1 fully saturated rings. The van der Waals surface area contributed by atoms with Crippen molar-refractivity contribution < 1.29 is 19.1 Å². The van der Waals surface area contributed by atoms with Crippen LogP contribution in [0.25, 0.3) is 0 Å². The van der Waals surface area contributed by atoms with Gasteiger partial charge in [-0.25, -0.2) is 5.43 Å². The topological polar surface area (TPSA) is 80.2 Å². The van der Waals surface area contributed by atoms with Crippen molar-refractivity contribution in [3.05, 3.63) is 53.6 Å². The van der Waals surface area contributed by atoms with Gasteiger partial charge >= 0.3 is 0 Å². The van der Waals surface area contributed by atoms with E-state index in [-0.39, 0.29) is 11.8 Å². The predicted molar refractivity (Wildman–Crippen MR) is 116 cm³/mol. The minimum atomic E-state index is -0.339. The quantitative estimate of drug-likeness (QED) is 0.532. The lowest BCUT2D eigenvalue weighted by Gasteiger charge is -2.15. The number of amides is 2. The molecule has 1 saturated heterocycles. The standard InChI is InChI=1S/C23H27N3O4/c1-4-14-30-20-12-9-18(15-21(20)29-3)23(28)25-24-16(2)17-7-10-19(11-8-17)26-13-5-6-22(26)27/h7-12,15H,4-6,13-14H2,1-3H3,(H,25,28)/b24-16-. The van der Waals surface area contributed by atoms with E-state index in [0.29, 0.717) is 35.8 Å². The number of ether oxygens (including phenoxy) is 2. The Morgan fingerprint density at radius 2 is 1.87 bits per heavy atom. The van der Waals surface area contributed by atoms with Gasteiger partial charge in [0, 0.05) is 24.2 Å². The maximum Gasteiger partial charge on any atom is 0.271 e. The molecule has 3 rings (SSSR count). The number of benzene rings is 2. The summed E-state index contributed by atoms with van der Waals surface area (Å²) in [6.45, 7) is 5.18. The van der Waals surface area contributed by atoms with Gasteiger partial charge in [0.15, 0.2) is 11.5 Å². The Bertz CT molecular complexity index is 938. The van der Waals surface area contributed by atoms with Crippen molar-refractivity contribution in [1.29, 1.82) is 0 Å². The molecule has 2 amide bonds. The Balaban J connectivity index is 1.66. The van der Waals surface area contributed by atoms with Gasteiger partial charge in [0.1, 0.15) is 0 Å².